The van der Waals surface area contributed by atoms with E-state index in [2.05, 4.69) is 20.3 Å². The van der Waals surface area contributed by atoms with Gasteiger partial charge < -0.3 is 14.2 Å². The summed E-state index contributed by atoms with van der Waals surface area (Å²) in [6.07, 6.45) is 0.574. The molecule has 0 radical (unpaired) electrons. The van der Waals surface area contributed by atoms with Gasteiger partial charge in [0.05, 0.1) is 6.10 Å². The standard InChI is InChI=1S/C15H21N5O3/c1-8(2)11-6-12(18-17-11)15(21)20-7-10(22-4)5-13(20)14-16-9(3)19-23-14/h6,8,10,13H,5,7H2,1-4H3,(H,17,18)/t10-,13-/m1/s1. The predicted molar refractivity (Wildman–Crippen MR) is 80.9 cm³/mol. The Bertz CT molecular complexity index is 693. The summed E-state index contributed by atoms with van der Waals surface area (Å²) in [4.78, 5) is 18.8. The van der Waals surface area contributed by atoms with Crippen molar-refractivity contribution in [3.05, 3.63) is 29.2 Å². The molecule has 3 rings (SSSR count). The van der Waals surface area contributed by atoms with Crippen LogP contribution in [-0.4, -0.2) is 50.9 Å². The fourth-order valence-electron chi connectivity index (χ4n) is 2.76. The van der Waals surface area contributed by atoms with Crippen molar-refractivity contribution >= 4 is 5.91 Å². The van der Waals surface area contributed by atoms with Crippen LogP contribution in [0.5, 0.6) is 0 Å². The topological polar surface area (TPSA) is 97.1 Å². The number of nitrogens with one attached hydrogen (secondary N) is 1. The first kappa shape index (κ1) is 15.7. The van der Waals surface area contributed by atoms with Gasteiger partial charge >= 0.3 is 0 Å². The maximum absolute atomic E-state index is 12.8. The van der Waals surface area contributed by atoms with E-state index in [4.69, 9.17) is 9.26 Å². The van der Waals surface area contributed by atoms with Gasteiger partial charge in [0.15, 0.2) is 5.82 Å². The van der Waals surface area contributed by atoms with Crippen LogP contribution in [0.25, 0.3) is 0 Å². The number of carbonyl (C=O) groups is 1. The van der Waals surface area contributed by atoms with E-state index in [0.717, 1.165) is 5.69 Å². The number of likely N-dealkylation sites (tertiary alicyclic amines) is 1. The Kier molecular flexibility index (Phi) is 4.16. The Morgan fingerprint density at radius 1 is 1.52 bits per heavy atom. The number of nitrogens with zero attached hydrogens (tertiary/aromatic N) is 4. The lowest BCUT2D eigenvalue weighted by Gasteiger charge is -2.20. The maximum atomic E-state index is 12.8. The molecule has 1 saturated heterocycles. The van der Waals surface area contributed by atoms with E-state index in [0.29, 0.717) is 30.4 Å². The lowest BCUT2D eigenvalue weighted by Crippen LogP contribution is -2.32. The second-order valence-corrected chi connectivity index (χ2v) is 6.11. The van der Waals surface area contributed by atoms with Crippen LogP contribution < -0.4 is 0 Å². The molecule has 8 nitrogen and oxygen atoms in total. The normalized spacial score (nSPS) is 21.3. The van der Waals surface area contributed by atoms with Crippen LogP contribution in [0.15, 0.2) is 10.6 Å². The third-order valence-electron chi connectivity index (χ3n) is 4.12. The molecule has 0 spiro atoms. The minimum Gasteiger partial charge on any atom is -0.380 e. The lowest BCUT2D eigenvalue weighted by molar-refractivity contribution is 0.0665. The molecule has 1 aliphatic rings. The van der Waals surface area contributed by atoms with Crippen molar-refractivity contribution in [3.8, 4) is 0 Å². The van der Waals surface area contributed by atoms with E-state index in [-0.39, 0.29) is 24.0 Å². The van der Waals surface area contributed by atoms with E-state index in [1.807, 2.05) is 13.8 Å². The molecular formula is C15H21N5O3. The number of hydrogen-bond acceptors (Lipinski definition) is 6. The largest absolute Gasteiger partial charge is 0.380 e. The molecule has 0 unspecified atom stereocenters. The molecule has 3 heterocycles. The maximum Gasteiger partial charge on any atom is 0.275 e. The van der Waals surface area contributed by atoms with Crippen molar-refractivity contribution in [2.45, 2.75) is 45.3 Å². The van der Waals surface area contributed by atoms with Crippen molar-refractivity contribution < 1.29 is 14.1 Å². The zero-order valence-electron chi connectivity index (χ0n) is 13.7. The molecule has 2 aromatic heterocycles. The number of amides is 1. The number of methoxy groups -OCH3 is 1. The Labute approximate surface area is 134 Å². The fraction of sp³-hybridized carbons (Fsp3) is 0.600. The highest BCUT2D eigenvalue weighted by atomic mass is 16.5. The number of aromatic nitrogens is 4. The summed E-state index contributed by atoms with van der Waals surface area (Å²) in [6, 6.07) is 1.51. The molecule has 0 bridgehead atoms. The summed E-state index contributed by atoms with van der Waals surface area (Å²) < 4.78 is 10.7. The molecule has 23 heavy (non-hydrogen) atoms. The van der Waals surface area contributed by atoms with E-state index in [9.17, 15) is 4.79 Å². The van der Waals surface area contributed by atoms with Gasteiger partial charge in [0.2, 0.25) is 5.89 Å². The second-order valence-electron chi connectivity index (χ2n) is 6.11. The van der Waals surface area contributed by atoms with Gasteiger partial charge in [-0.1, -0.05) is 19.0 Å². The van der Waals surface area contributed by atoms with Gasteiger partial charge in [-0.3, -0.25) is 9.89 Å². The third-order valence-corrected chi connectivity index (χ3v) is 4.12. The summed E-state index contributed by atoms with van der Waals surface area (Å²) in [7, 11) is 1.64. The number of aromatic amines is 1. The van der Waals surface area contributed by atoms with Crippen LogP contribution >= 0.6 is 0 Å². The molecule has 0 aliphatic carbocycles. The number of hydrogen-bond donors (Lipinski definition) is 1. The van der Waals surface area contributed by atoms with E-state index >= 15 is 0 Å². The second kappa shape index (κ2) is 6.11. The van der Waals surface area contributed by atoms with Gasteiger partial charge in [0.25, 0.3) is 5.91 Å². The zero-order chi connectivity index (χ0) is 16.6. The molecule has 2 aromatic rings. The van der Waals surface area contributed by atoms with Crippen LogP contribution in [0.2, 0.25) is 0 Å². The van der Waals surface area contributed by atoms with Gasteiger partial charge in [-0.05, 0) is 18.9 Å². The molecule has 1 amide bonds. The summed E-state index contributed by atoms with van der Waals surface area (Å²) in [6.45, 7) is 6.32. The van der Waals surface area contributed by atoms with Gasteiger partial charge in [-0.15, -0.1) is 0 Å². The minimum atomic E-state index is -0.284. The van der Waals surface area contributed by atoms with Crippen molar-refractivity contribution in [2.24, 2.45) is 0 Å². The molecule has 0 aromatic carbocycles. The van der Waals surface area contributed by atoms with Gasteiger partial charge in [-0.2, -0.15) is 10.1 Å². The molecule has 124 valence electrons. The number of aryl methyl sites for hydroxylation is 1. The van der Waals surface area contributed by atoms with E-state index in [1.54, 1.807) is 25.0 Å². The van der Waals surface area contributed by atoms with Crippen LogP contribution in [0.4, 0.5) is 0 Å². The fourth-order valence-corrected chi connectivity index (χ4v) is 2.76. The lowest BCUT2D eigenvalue weighted by atomic mass is 10.1. The van der Waals surface area contributed by atoms with Crippen LogP contribution in [0.1, 0.15) is 60.1 Å². The van der Waals surface area contributed by atoms with Crippen molar-refractivity contribution in [3.63, 3.8) is 0 Å². The summed E-state index contributed by atoms with van der Waals surface area (Å²) in [5.74, 6) is 1.11. The van der Waals surface area contributed by atoms with Gasteiger partial charge in [0.1, 0.15) is 11.7 Å². The number of rotatable bonds is 4. The monoisotopic (exact) mass is 319 g/mol. The van der Waals surface area contributed by atoms with Gasteiger partial charge in [0, 0.05) is 25.8 Å². The summed E-state index contributed by atoms with van der Waals surface area (Å²) >= 11 is 0. The summed E-state index contributed by atoms with van der Waals surface area (Å²) in [5.41, 5.74) is 1.33. The smallest absolute Gasteiger partial charge is 0.275 e. The van der Waals surface area contributed by atoms with Crippen molar-refractivity contribution in [2.75, 3.05) is 13.7 Å². The first-order valence-corrected chi connectivity index (χ1v) is 7.68. The van der Waals surface area contributed by atoms with E-state index < -0.39 is 0 Å². The third kappa shape index (κ3) is 2.98. The SMILES string of the molecule is CO[C@@H]1C[C@H](c2nc(C)no2)N(C(=O)c2cc(C(C)C)[nH]n2)C1. The molecule has 0 saturated carbocycles. The molecule has 8 heteroatoms. The van der Waals surface area contributed by atoms with E-state index in [1.165, 1.54) is 0 Å². The molecule has 1 N–H and O–H groups in total. The Morgan fingerprint density at radius 2 is 2.30 bits per heavy atom. The highest BCUT2D eigenvalue weighted by Gasteiger charge is 2.40. The highest BCUT2D eigenvalue weighted by Crippen LogP contribution is 2.33. The Morgan fingerprint density at radius 3 is 2.87 bits per heavy atom. The number of ether oxygens (including phenoxy) is 1. The number of carbonyl (C=O) groups excluding carboxylic acids is 1. The highest BCUT2D eigenvalue weighted by molar-refractivity contribution is 5.93. The van der Waals surface area contributed by atoms with Crippen LogP contribution in [-0.2, 0) is 4.74 Å². The molecule has 1 fully saturated rings. The quantitative estimate of drug-likeness (QED) is 0.923. The average molecular weight is 319 g/mol. The van der Waals surface area contributed by atoms with Crippen molar-refractivity contribution in [1.29, 1.82) is 0 Å². The first-order valence-electron chi connectivity index (χ1n) is 7.68. The zero-order valence-corrected chi connectivity index (χ0v) is 13.7. The van der Waals surface area contributed by atoms with Crippen LogP contribution in [0, 0.1) is 6.92 Å². The number of H-pyrrole nitrogens is 1. The first-order chi connectivity index (χ1) is 11.0. The van der Waals surface area contributed by atoms with Gasteiger partial charge in [-0.25, -0.2) is 0 Å². The van der Waals surface area contributed by atoms with Crippen LogP contribution in [0.3, 0.4) is 0 Å². The average Bonchev–Trinajstić information content (AvgIpc) is 3.24. The Balaban J connectivity index is 1.86. The predicted octanol–water partition coefficient (Wildman–Crippen LogP) is 1.83. The molecule has 1 aliphatic heterocycles. The van der Waals surface area contributed by atoms with Crippen molar-refractivity contribution in [1.82, 2.24) is 25.2 Å². The summed E-state index contributed by atoms with van der Waals surface area (Å²) in [5, 5.41) is 10.9. The minimum absolute atomic E-state index is 0.0559. The molecule has 2 atom stereocenters. The Hall–Kier alpha value is -2.22. The molecular weight excluding hydrogens is 298 g/mol.